The third-order valence-electron chi connectivity index (χ3n) is 3.08. The summed E-state index contributed by atoms with van der Waals surface area (Å²) in [6.45, 7) is 3.06. The Morgan fingerprint density at radius 2 is 2.33 bits per heavy atom. The van der Waals surface area contributed by atoms with Crippen molar-refractivity contribution in [2.75, 3.05) is 18.4 Å². The molecule has 0 unspecified atom stereocenters. The fourth-order valence-electron chi connectivity index (χ4n) is 2.00. The van der Waals surface area contributed by atoms with Crippen molar-refractivity contribution >= 4 is 11.6 Å². The molecule has 0 aliphatic heterocycles. The van der Waals surface area contributed by atoms with Crippen LogP contribution >= 0.6 is 0 Å². The highest BCUT2D eigenvalue weighted by molar-refractivity contribution is 5.81. The van der Waals surface area contributed by atoms with Crippen molar-refractivity contribution in [1.29, 1.82) is 5.26 Å². The van der Waals surface area contributed by atoms with Crippen LogP contribution in [-0.2, 0) is 4.79 Å². The lowest BCUT2D eigenvalue weighted by atomic mass is 10.2. The summed E-state index contributed by atoms with van der Waals surface area (Å²) in [5, 5.41) is 11.9. The molecule has 1 amide bonds. The quantitative estimate of drug-likeness (QED) is 0.860. The van der Waals surface area contributed by atoms with Crippen molar-refractivity contribution in [2.45, 2.75) is 25.8 Å². The maximum Gasteiger partial charge on any atom is 0.242 e. The van der Waals surface area contributed by atoms with E-state index in [0.717, 1.165) is 25.1 Å². The molecule has 94 valence electrons. The van der Waals surface area contributed by atoms with Crippen LogP contribution in [0.3, 0.4) is 0 Å². The zero-order valence-electron chi connectivity index (χ0n) is 10.5. The molecule has 2 rings (SSSR count). The molecule has 4 heteroatoms. The summed E-state index contributed by atoms with van der Waals surface area (Å²) in [4.78, 5) is 13.9. The summed E-state index contributed by atoms with van der Waals surface area (Å²) in [5.41, 5.74) is 1.41. The smallest absolute Gasteiger partial charge is 0.242 e. The monoisotopic (exact) mass is 243 g/mol. The number of rotatable bonds is 5. The Hall–Kier alpha value is -2.02. The SMILES string of the molecule is CCN(C(=O)CNc1cccc(C#N)c1)C1CC1. The summed E-state index contributed by atoms with van der Waals surface area (Å²) >= 11 is 0. The van der Waals surface area contributed by atoms with Crippen molar-refractivity contribution in [3.8, 4) is 6.07 Å². The van der Waals surface area contributed by atoms with Gasteiger partial charge in [-0.05, 0) is 38.0 Å². The summed E-state index contributed by atoms with van der Waals surface area (Å²) in [7, 11) is 0. The van der Waals surface area contributed by atoms with Gasteiger partial charge >= 0.3 is 0 Å². The van der Waals surface area contributed by atoms with Gasteiger partial charge in [0.05, 0.1) is 18.2 Å². The summed E-state index contributed by atoms with van der Waals surface area (Å²) in [5.74, 6) is 0.127. The summed E-state index contributed by atoms with van der Waals surface area (Å²) < 4.78 is 0. The predicted octanol–water partition coefficient (Wildman–Crippen LogP) is 1.98. The van der Waals surface area contributed by atoms with E-state index >= 15 is 0 Å². The molecule has 0 radical (unpaired) electrons. The van der Waals surface area contributed by atoms with E-state index in [2.05, 4.69) is 11.4 Å². The second-order valence-corrected chi connectivity index (χ2v) is 4.46. The maximum atomic E-state index is 12.0. The molecule has 1 saturated carbocycles. The summed E-state index contributed by atoms with van der Waals surface area (Å²) in [6, 6.07) is 9.70. The first-order chi connectivity index (χ1) is 8.74. The average molecular weight is 243 g/mol. The van der Waals surface area contributed by atoms with Crippen LogP contribution in [-0.4, -0.2) is 29.9 Å². The van der Waals surface area contributed by atoms with E-state index in [9.17, 15) is 4.79 Å². The predicted molar refractivity (Wildman–Crippen MR) is 70.1 cm³/mol. The van der Waals surface area contributed by atoms with Crippen LogP contribution in [0.25, 0.3) is 0 Å². The van der Waals surface area contributed by atoms with E-state index in [1.165, 1.54) is 0 Å². The number of amides is 1. The molecule has 4 nitrogen and oxygen atoms in total. The normalized spacial score (nSPS) is 13.8. The fourth-order valence-corrected chi connectivity index (χ4v) is 2.00. The third kappa shape index (κ3) is 3.01. The van der Waals surface area contributed by atoms with Crippen molar-refractivity contribution in [2.24, 2.45) is 0 Å². The van der Waals surface area contributed by atoms with Crippen molar-refractivity contribution in [3.05, 3.63) is 29.8 Å². The number of carbonyl (C=O) groups excluding carboxylic acids is 1. The first-order valence-electron chi connectivity index (χ1n) is 6.28. The number of nitrogens with zero attached hydrogens (tertiary/aromatic N) is 2. The molecular weight excluding hydrogens is 226 g/mol. The van der Waals surface area contributed by atoms with E-state index in [-0.39, 0.29) is 5.91 Å². The number of carbonyl (C=O) groups is 1. The first kappa shape index (κ1) is 12.4. The Morgan fingerprint density at radius 3 is 2.94 bits per heavy atom. The molecule has 1 aromatic carbocycles. The maximum absolute atomic E-state index is 12.0. The van der Waals surface area contributed by atoms with Gasteiger partial charge in [0, 0.05) is 18.3 Å². The molecule has 0 bridgehead atoms. The zero-order valence-corrected chi connectivity index (χ0v) is 10.5. The molecule has 0 spiro atoms. The van der Waals surface area contributed by atoms with E-state index in [4.69, 9.17) is 5.26 Å². The van der Waals surface area contributed by atoms with Gasteiger partial charge in [0.2, 0.25) is 5.91 Å². The lowest BCUT2D eigenvalue weighted by molar-refractivity contribution is -0.129. The second kappa shape index (κ2) is 5.54. The van der Waals surface area contributed by atoms with Gasteiger partial charge in [-0.15, -0.1) is 0 Å². The standard InChI is InChI=1S/C14H17N3O/c1-2-17(13-6-7-13)14(18)10-16-12-5-3-4-11(8-12)9-15/h3-5,8,13,16H,2,6-7,10H2,1H3. The molecule has 1 aromatic rings. The van der Waals surface area contributed by atoms with Crippen LogP contribution in [0.15, 0.2) is 24.3 Å². The second-order valence-electron chi connectivity index (χ2n) is 4.46. The first-order valence-corrected chi connectivity index (χ1v) is 6.28. The van der Waals surface area contributed by atoms with E-state index in [1.807, 2.05) is 24.0 Å². The van der Waals surface area contributed by atoms with Gasteiger partial charge in [-0.2, -0.15) is 5.26 Å². The number of hydrogen-bond acceptors (Lipinski definition) is 3. The van der Waals surface area contributed by atoms with Gasteiger partial charge in [-0.25, -0.2) is 0 Å². The molecule has 1 aliphatic rings. The number of hydrogen-bond donors (Lipinski definition) is 1. The third-order valence-corrected chi connectivity index (χ3v) is 3.08. The van der Waals surface area contributed by atoms with Crippen molar-refractivity contribution in [3.63, 3.8) is 0 Å². The molecule has 0 heterocycles. The number of nitriles is 1. The number of likely N-dealkylation sites (N-methyl/N-ethyl adjacent to an activating group) is 1. The molecule has 18 heavy (non-hydrogen) atoms. The number of benzene rings is 1. The minimum absolute atomic E-state index is 0.127. The zero-order chi connectivity index (χ0) is 13.0. The lowest BCUT2D eigenvalue weighted by Gasteiger charge is -2.20. The minimum atomic E-state index is 0.127. The Bertz CT molecular complexity index is 474. The van der Waals surface area contributed by atoms with E-state index in [1.54, 1.807) is 12.1 Å². The van der Waals surface area contributed by atoms with Gasteiger partial charge in [0.1, 0.15) is 0 Å². The minimum Gasteiger partial charge on any atom is -0.376 e. The Kier molecular flexibility index (Phi) is 3.83. The van der Waals surface area contributed by atoms with Crippen molar-refractivity contribution < 1.29 is 4.79 Å². The molecular formula is C14H17N3O. The largest absolute Gasteiger partial charge is 0.376 e. The highest BCUT2D eigenvalue weighted by atomic mass is 16.2. The lowest BCUT2D eigenvalue weighted by Crippen LogP contribution is -2.37. The van der Waals surface area contributed by atoms with Gasteiger partial charge < -0.3 is 10.2 Å². The van der Waals surface area contributed by atoms with Crippen LogP contribution in [0.4, 0.5) is 5.69 Å². The number of anilines is 1. The molecule has 1 fully saturated rings. The topological polar surface area (TPSA) is 56.1 Å². The van der Waals surface area contributed by atoms with Gasteiger partial charge in [-0.1, -0.05) is 6.07 Å². The highest BCUT2D eigenvalue weighted by Gasteiger charge is 2.30. The molecule has 1 aliphatic carbocycles. The summed E-state index contributed by atoms with van der Waals surface area (Å²) in [6.07, 6.45) is 2.26. The molecule has 1 N–H and O–H groups in total. The average Bonchev–Trinajstić information content (AvgIpc) is 3.22. The Morgan fingerprint density at radius 1 is 1.56 bits per heavy atom. The van der Waals surface area contributed by atoms with Crippen LogP contribution in [0, 0.1) is 11.3 Å². The van der Waals surface area contributed by atoms with Gasteiger partial charge in [0.15, 0.2) is 0 Å². The van der Waals surface area contributed by atoms with Gasteiger partial charge in [-0.3, -0.25) is 4.79 Å². The van der Waals surface area contributed by atoms with Crippen LogP contribution < -0.4 is 5.32 Å². The molecule has 0 aromatic heterocycles. The van der Waals surface area contributed by atoms with Crippen LogP contribution in [0.1, 0.15) is 25.3 Å². The van der Waals surface area contributed by atoms with E-state index < -0.39 is 0 Å². The van der Waals surface area contributed by atoms with E-state index in [0.29, 0.717) is 18.2 Å². The fraction of sp³-hybridized carbons (Fsp3) is 0.429. The Balaban J connectivity index is 1.90. The van der Waals surface area contributed by atoms with Crippen LogP contribution in [0.5, 0.6) is 0 Å². The molecule has 0 atom stereocenters. The Labute approximate surface area is 107 Å². The highest BCUT2D eigenvalue weighted by Crippen LogP contribution is 2.26. The van der Waals surface area contributed by atoms with Crippen molar-refractivity contribution in [1.82, 2.24) is 4.90 Å². The number of nitrogens with one attached hydrogen (secondary N) is 1. The molecule has 0 saturated heterocycles. The van der Waals surface area contributed by atoms with Crippen LogP contribution in [0.2, 0.25) is 0 Å². The van der Waals surface area contributed by atoms with Gasteiger partial charge in [0.25, 0.3) is 0 Å².